The molecular weight excluding hydrogens is 361 g/mol. The molecule has 6 nitrogen and oxygen atoms in total. The van der Waals surface area contributed by atoms with Crippen LogP contribution in [0.25, 0.3) is 11.3 Å². The second kappa shape index (κ2) is 6.05. The van der Waals surface area contributed by atoms with Crippen molar-refractivity contribution in [3.63, 3.8) is 0 Å². The van der Waals surface area contributed by atoms with Crippen LogP contribution in [0.15, 0.2) is 18.2 Å². The Balaban J connectivity index is 1.48. The molecule has 3 N–H and O–H groups in total. The topological polar surface area (TPSA) is 91.2 Å². The lowest BCUT2D eigenvalue weighted by molar-refractivity contribution is -0.137. The molecule has 1 aromatic heterocycles. The Kier molecular flexibility index (Phi) is 4.03. The number of benzene rings is 1. The number of aryl methyl sites for hydroxylation is 1. The van der Waals surface area contributed by atoms with Crippen LogP contribution in [0.3, 0.4) is 0 Å². The van der Waals surface area contributed by atoms with Gasteiger partial charge in [-0.1, -0.05) is 0 Å². The van der Waals surface area contributed by atoms with Gasteiger partial charge in [-0.15, -0.1) is 10.2 Å². The van der Waals surface area contributed by atoms with E-state index in [9.17, 15) is 23.4 Å². The zero-order chi connectivity index (χ0) is 19.4. The molecule has 4 rings (SSSR count). The molecule has 1 spiro atoms. The van der Waals surface area contributed by atoms with Crippen LogP contribution < -0.4 is 5.32 Å². The predicted octanol–water partition coefficient (Wildman–Crippen LogP) is 3.29. The van der Waals surface area contributed by atoms with E-state index in [0.29, 0.717) is 17.7 Å². The Morgan fingerprint density at radius 2 is 1.85 bits per heavy atom. The highest BCUT2D eigenvalue weighted by Crippen LogP contribution is 2.56. The van der Waals surface area contributed by atoms with E-state index in [4.69, 9.17) is 0 Å². The SMILES string of the molecule is Cc1nc(NC2CC3(CC(O)C3)C2)nnc1-c1ccc(C(F)(F)F)cc1O. The molecule has 2 saturated carbocycles. The molecule has 2 aromatic rings. The van der Waals surface area contributed by atoms with Gasteiger partial charge in [0.1, 0.15) is 11.4 Å². The molecule has 2 aliphatic carbocycles. The van der Waals surface area contributed by atoms with Crippen molar-refractivity contribution in [3.05, 3.63) is 29.5 Å². The van der Waals surface area contributed by atoms with Gasteiger partial charge in [-0.2, -0.15) is 13.2 Å². The number of hydrogen-bond acceptors (Lipinski definition) is 6. The van der Waals surface area contributed by atoms with E-state index in [-0.39, 0.29) is 28.8 Å². The van der Waals surface area contributed by atoms with Gasteiger partial charge >= 0.3 is 6.18 Å². The maximum absolute atomic E-state index is 12.7. The fraction of sp³-hybridized carbons (Fsp3) is 0.500. The third-order valence-electron chi connectivity index (χ3n) is 5.47. The van der Waals surface area contributed by atoms with Crippen molar-refractivity contribution in [2.45, 2.75) is 50.9 Å². The molecule has 0 bridgehead atoms. The second-order valence-corrected chi connectivity index (χ2v) is 7.61. The monoisotopic (exact) mass is 380 g/mol. The Bertz CT molecular complexity index is 873. The molecule has 1 aromatic carbocycles. The zero-order valence-electron chi connectivity index (χ0n) is 14.6. The van der Waals surface area contributed by atoms with Crippen molar-refractivity contribution in [1.29, 1.82) is 0 Å². The van der Waals surface area contributed by atoms with Crippen molar-refractivity contribution in [2.24, 2.45) is 5.41 Å². The third-order valence-corrected chi connectivity index (χ3v) is 5.47. The van der Waals surface area contributed by atoms with Crippen molar-refractivity contribution in [2.75, 3.05) is 5.32 Å². The number of phenols is 1. The first-order chi connectivity index (χ1) is 12.7. The summed E-state index contributed by atoms with van der Waals surface area (Å²) in [5, 5.41) is 30.7. The minimum absolute atomic E-state index is 0.151. The number of hydrogen-bond donors (Lipinski definition) is 3. The molecular formula is C18H19F3N4O2. The Labute approximate surface area is 153 Å². The molecule has 0 amide bonds. The number of phenolic OH excluding ortho intramolecular Hbond substituents is 1. The van der Waals surface area contributed by atoms with E-state index in [1.165, 1.54) is 6.07 Å². The molecule has 0 aliphatic heterocycles. The lowest BCUT2D eigenvalue weighted by Gasteiger charge is -2.56. The number of nitrogens with one attached hydrogen (secondary N) is 1. The van der Waals surface area contributed by atoms with Gasteiger partial charge in [-0.05, 0) is 56.2 Å². The van der Waals surface area contributed by atoms with E-state index >= 15 is 0 Å². The smallest absolute Gasteiger partial charge is 0.416 e. The summed E-state index contributed by atoms with van der Waals surface area (Å²) >= 11 is 0. The van der Waals surface area contributed by atoms with Gasteiger partial charge in [0.05, 0.1) is 17.4 Å². The van der Waals surface area contributed by atoms with Crippen molar-refractivity contribution in [1.82, 2.24) is 15.2 Å². The van der Waals surface area contributed by atoms with Gasteiger partial charge in [0.25, 0.3) is 0 Å². The van der Waals surface area contributed by atoms with Crippen molar-refractivity contribution >= 4 is 5.95 Å². The van der Waals surface area contributed by atoms with Crippen LogP contribution in [0.5, 0.6) is 5.75 Å². The van der Waals surface area contributed by atoms with Gasteiger partial charge in [-0.3, -0.25) is 0 Å². The lowest BCUT2D eigenvalue weighted by Crippen LogP contribution is -2.54. The largest absolute Gasteiger partial charge is 0.507 e. The quantitative estimate of drug-likeness (QED) is 0.757. The predicted molar refractivity (Wildman–Crippen MR) is 91.0 cm³/mol. The van der Waals surface area contributed by atoms with Crippen LogP contribution in [-0.4, -0.2) is 37.5 Å². The van der Waals surface area contributed by atoms with Gasteiger partial charge in [-0.25, -0.2) is 4.98 Å². The summed E-state index contributed by atoms with van der Waals surface area (Å²) in [6.45, 7) is 1.66. The van der Waals surface area contributed by atoms with E-state index in [2.05, 4.69) is 20.5 Å². The average molecular weight is 380 g/mol. The normalized spacial score (nSPS) is 27.1. The number of aliphatic hydroxyl groups excluding tert-OH is 1. The molecule has 9 heteroatoms. The summed E-state index contributed by atoms with van der Waals surface area (Å²) in [5.74, 6) is -0.170. The van der Waals surface area contributed by atoms with Crippen LogP contribution >= 0.6 is 0 Å². The van der Waals surface area contributed by atoms with E-state index in [1.54, 1.807) is 6.92 Å². The second-order valence-electron chi connectivity index (χ2n) is 7.61. The molecule has 0 atom stereocenters. The van der Waals surface area contributed by atoms with E-state index in [1.807, 2.05) is 0 Å². The maximum Gasteiger partial charge on any atom is 0.416 e. The molecule has 27 heavy (non-hydrogen) atoms. The van der Waals surface area contributed by atoms with E-state index < -0.39 is 17.5 Å². The summed E-state index contributed by atoms with van der Waals surface area (Å²) in [6.07, 6.45) is -1.12. The molecule has 0 saturated heterocycles. The average Bonchev–Trinajstić information content (AvgIpc) is 2.51. The number of halogens is 3. The van der Waals surface area contributed by atoms with Gasteiger partial charge < -0.3 is 15.5 Å². The summed E-state index contributed by atoms with van der Waals surface area (Å²) in [4.78, 5) is 4.32. The third kappa shape index (κ3) is 3.31. The number of aromatic nitrogens is 3. The van der Waals surface area contributed by atoms with Crippen LogP contribution in [0, 0.1) is 12.3 Å². The highest BCUT2D eigenvalue weighted by Gasteiger charge is 2.52. The Morgan fingerprint density at radius 3 is 2.41 bits per heavy atom. The number of rotatable bonds is 3. The fourth-order valence-corrected chi connectivity index (χ4v) is 4.17. The van der Waals surface area contributed by atoms with Crippen LogP contribution in [0.4, 0.5) is 19.1 Å². The first kappa shape index (κ1) is 18.0. The van der Waals surface area contributed by atoms with Crippen molar-refractivity contribution < 1.29 is 23.4 Å². The van der Waals surface area contributed by atoms with Gasteiger partial charge in [0, 0.05) is 11.6 Å². The first-order valence-corrected chi connectivity index (χ1v) is 8.72. The van der Waals surface area contributed by atoms with E-state index in [0.717, 1.165) is 31.7 Å². The summed E-state index contributed by atoms with van der Waals surface area (Å²) in [6, 6.07) is 2.96. The van der Waals surface area contributed by atoms with Gasteiger partial charge in [0.2, 0.25) is 5.95 Å². The number of alkyl halides is 3. The molecule has 2 fully saturated rings. The fourth-order valence-electron chi connectivity index (χ4n) is 4.17. The minimum atomic E-state index is -4.53. The number of aliphatic hydroxyl groups is 1. The van der Waals surface area contributed by atoms with Gasteiger partial charge in [0.15, 0.2) is 0 Å². The number of nitrogens with zero attached hydrogens (tertiary/aromatic N) is 3. The summed E-state index contributed by atoms with van der Waals surface area (Å²) < 4.78 is 38.2. The first-order valence-electron chi connectivity index (χ1n) is 8.72. The highest BCUT2D eigenvalue weighted by atomic mass is 19.4. The lowest BCUT2D eigenvalue weighted by atomic mass is 9.53. The highest BCUT2D eigenvalue weighted by molar-refractivity contribution is 5.69. The molecule has 1 heterocycles. The Morgan fingerprint density at radius 1 is 1.15 bits per heavy atom. The number of aromatic hydroxyl groups is 1. The Hall–Kier alpha value is -2.42. The number of anilines is 1. The molecule has 0 radical (unpaired) electrons. The summed E-state index contributed by atoms with van der Waals surface area (Å²) in [7, 11) is 0. The van der Waals surface area contributed by atoms with Crippen LogP contribution in [-0.2, 0) is 6.18 Å². The molecule has 144 valence electrons. The molecule has 0 unspecified atom stereocenters. The minimum Gasteiger partial charge on any atom is -0.507 e. The zero-order valence-corrected chi connectivity index (χ0v) is 14.6. The standard InChI is InChI=1S/C18H19F3N4O2/c1-9-15(13-3-2-10(4-14(13)27)18(19,20)21)24-25-16(22-9)23-11-5-17(6-11)7-12(26)8-17/h2-4,11-12,26-27H,5-8H2,1H3,(H,22,23,25). The van der Waals surface area contributed by atoms with Crippen molar-refractivity contribution in [3.8, 4) is 17.0 Å². The van der Waals surface area contributed by atoms with Crippen LogP contribution in [0.2, 0.25) is 0 Å². The summed E-state index contributed by atoms with van der Waals surface area (Å²) in [5.41, 5.74) is 0.166. The molecule has 2 aliphatic rings. The maximum atomic E-state index is 12.7. The van der Waals surface area contributed by atoms with Crippen LogP contribution in [0.1, 0.15) is 36.9 Å².